The second-order valence-electron chi connectivity index (χ2n) is 13.8. The predicted molar refractivity (Wildman–Crippen MR) is 202 cm³/mol. The van der Waals surface area contributed by atoms with Crippen LogP contribution in [0.25, 0.3) is 22.0 Å². The van der Waals surface area contributed by atoms with Crippen molar-refractivity contribution < 1.29 is 24.5 Å². The first kappa shape index (κ1) is 36.4. The van der Waals surface area contributed by atoms with E-state index in [0.29, 0.717) is 39.1 Å². The topological polar surface area (TPSA) is 146 Å². The van der Waals surface area contributed by atoms with Crippen molar-refractivity contribution in [3.8, 4) is 28.7 Å². The first-order valence-corrected chi connectivity index (χ1v) is 18.6. The molecule has 3 aromatic carbocycles. The average Bonchev–Trinajstić information content (AvgIpc) is 3.72. The minimum Gasteiger partial charge on any atom is -0.488 e. The van der Waals surface area contributed by atoms with Gasteiger partial charge in [0.2, 0.25) is 0 Å². The molecule has 274 valence electrons. The number of hydrogen-bond acceptors (Lipinski definition) is 9. The summed E-state index contributed by atoms with van der Waals surface area (Å²) in [6, 6.07) is 18.9. The number of hydrogen-bond donors (Lipinski definition) is 3. The van der Waals surface area contributed by atoms with Crippen LogP contribution in [0.5, 0.6) is 11.5 Å². The monoisotopic (exact) mass is 734 g/mol. The Labute approximate surface area is 313 Å². The standard InChI is InChI=1S/C41H43ClN6O5/c42-35-17-31(22-45-36(24-49)41(50)51)38(52-25-28-16-27(19-43)20-44-21-28)18-39(35)53-26-30-6-3-8-33(40(30)29-10-11-29)32-7-4-9-37-34(32)23-46-48(37)15-5-14-47-12-1-2-13-47/h3-4,6-9,16-18,20-21,23,29,36,45,49H,1-2,5,10-15,22,24-26H2,(H,50,51). The van der Waals surface area contributed by atoms with E-state index in [1.165, 1.54) is 48.8 Å². The summed E-state index contributed by atoms with van der Waals surface area (Å²) >= 11 is 6.79. The third-order valence-corrected chi connectivity index (χ3v) is 10.3. The number of aryl methyl sites for hydroxylation is 1. The maximum absolute atomic E-state index is 11.5. The van der Waals surface area contributed by atoms with Gasteiger partial charge in [0.05, 0.1) is 28.9 Å². The van der Waals surface area contributed by atoms with E-state index in [-0.39, 0.29) is 19.8 Å². The third kappa shape index (κ3) is 8.64. The number of halogens is 1. The largest absolute Gasteiger partial charge is 0.488 e. The fraction of sp³-hybridized carbons (Fsp3) is 0.366. The van der Waals surface area contributed by atoms with Gasteiger partial charge in [0.15, 0.2) is 0 Å². The van der Waals surface area contributed by atoms with Crippen LogP contribution >= 0.6 is 11.6 Å². The molecule has 7 rings (SSSR count). The molecule has 0 radical (unpaired) electrons. The number of carboxylic acid groups (broad SMARTS) is 1. The molecule has 11 nitrogen and oxygen atoms in total. The molecule has 0 amide bonds. The van der Waals surface area contributed by atoms with Crippen molar-refractivity contribution in [2.45, 2.75) is 70.4 Å². The Balaban J connectivity index is 1.13. The van der Waals surface area contributed by atoms with Crippen LogP contribution in [0.15, 0.2) is 73.2 Å². The molecule has 3 heterocycles. The Morgan fingerprint density at radius 3 is 2.55 bits per heavy atom. The summed E-state index contributed by atoms with van der Waals surface area (Å²) in [7, 11) is 0. The lowest BCUT2D eigenvalue weighted by Gasteiger charge is -2.19. The molecule has 0 bridgehead atoms. The Hall–Kier alpha value is -4.99. The molecule has 1 aliphatic carbocycles. The van der Waals surface area contributed by atoms with E-state index in [1.807, 2.05) is 6.20 Å². The van der Waals surface area contributed by atoms with E-state index >= 15 is 0 Å². The van der Waals surface area contributed by atoms with Gasteiger partial charge < -0.3 is 24.6 Å². The van der Waals surface area contributed by atoms with E-state index < -0.39 is 18.6 Å². The van der Waals surface area contributed by atoms with Crippen LogP contribution in [0.3, 0.4) is 0 Å². The molecule has 1 saturated carbocycles. The number of pyridine rings is 1. The van der Waals surface area contributed by atoms with Gasteiger partial charge in [-0.2, -0.15) is 10.4 Å². The molecule has 2 fully saturated rings. The second-order valence-corrected chi connectivity index (χ2v) is 14.2. The summed E-state index contributed by atoms with van der Waals surface area (Å²) in [6.45, 7) is 4.27. The summed E-state index contributed by atoms with van der Waals surface area (Å²) in [5.74, 6) is 0.0920. The molecule has 1 atom stereocenters. The van der Waals surface area contributed by atoms with Crippen molar-refractivity contribution in [2.24, 2.45) is 0 Å². The third-order valence-electron chi connectivity index (χ3n) is 10.0. The lowest BCUT2D eigenvalue weighted by atomic mass is 9.91. The van der Waals surface area contributed by atoms with Crippen LogP contribution in [-0.2, 0) is 31.1 Å². The zero-order valence-corrected chi connectivity index (χ0v) is 30.3. The van der Waals surface area contributed by atoms with Crippen molar-refractivity contribution in [3.63, 3.8) is 0 Å². The summed E-state index contributed by atoms with van der Waals surface area (Å²) in [4.78, 5) is 18.2. The molecular formula is C41H43ClN6O5. The van der Waals surface area contributed by atoms with Gasteiger partial charge >= 0.3 is 5.97 Å². The maximum atomic E-state index is 11.5. The lowest BCUT2D eigenvalue weighted by Crippen LogP contribution is -2.39. The summed E-state index contributed by atoms with van der Waals surface area (Å²) in [6.07, 6.45) is 11.0. The van der Waals surface area contributed by atoms with Crippen LogP contribution in [0.1, 0.15) is 65.8 Å². The van der Waals surface area contributed by atoms with Crippen LogP contribution in [0.2, 0.25) is 5.02 Å². The number of nitrogens with one attached hydrogen (secondary N) is 1. The van der Waals surface area contributed by atoms with E-state index in [4.69, 9.17) is 26.2 Å². The first-order chi connectivity index (χ1) is 25.9. The number of carbonyl (C=O) groups is 1. The van der Waals surface area contributed by atoms with E-state index in [0.717, 1.165) is 48.8 Å². The van der Waals surface area contributed by atoms with Gasteiger partial charge in [-0.05, 0) is 98.1 Å². The Kier molecular flexibility index (Phi) is 11.5. The number of carboxylic acids is 1. The SMILES string of the molecule is N#Cc1cncc(COc2cc(OCc3cccc(-c4cccc5c4cnn5CCCN4CCCC4)c3C3CC3)c(Cl)cc2CNC(CO)C(=O)O)c1. The molecule has 2 aromatic heterocycles. The van der Waals surface area contributed by atoms with Crippen molar-refractivity contribution in [3.05, 3.63) is 106 Å². The van der Waals surface area contributed by atoms with Crippen molar-refractivity contribution in [1.82, 2.24) is 25.0 Å². The molecule has 3 N–H and O–H groups in total. The smallest absolute Gasteiger partial charge is 0.323 e. The number of benzene rings is 3. The maximum Gasteiger partial charge on any atom is 0.323 e. The molecular weight excluding hydrogens is 692 g/mol. The second kappa shape index (κ2) is 16.8. The summed E-state index contributed by atoms with van der Waals surface area (Å²) in [5, 5.41) is 37.4. The van der Waals surface area contributed by atoms with Crippen LogP contribution in [0.4, 0.5) is 0 Å². The number of aromatic nitrogens is 3. The van der Waals surface area contributed by atoms with Gasteiger partial charge in [0.25, 0.3) is 0 Å². The molecule has 1 aliphatic heterocycles. The number of aliphatic carboxylic acids is 1. The molecule has 5 aromatic rings. The summed E-state index contributed by atoms with van der Waals surface area (Å²) in [5.41, 5.74) is 7.54. The van der Waals surface area contributed by atoms with Crippen molar-refractivity contribution in [2.75, 3.05) is 26.2 Å². The number of ether oxygens (including phenoxy) is 2. The average molecular weight is 735 g/mol. The van der Waals surface area contributed by atoms with E-state index in [9.17, 15) is 20.3 Å². The highest BCUT2D eigenvalue weighted by Gasteiger charge is 2.30. The molecule has 2 aliphatic rings. The highest BCUT2D eigenvalue weighted by molar-refractivity contribution is 6.32. The van der Waals surface area contributed by atoms with Crippen LogP contribution < -0.4 is 14.8 Å². The number of nitriles is 1. The van der Waals surface area contributed by atoms with Crippen molar-refractivity contribution >= 4 is 28.5 Å². The molecule has 1 unspecified atom stereocenters. The van der Waals surface area contributed by atoms with Gasteiger partial charge in [0.1, 0.15) is 36.8 Å². The van der Waals surface area contributed by atoms with Gasteiger partial charge in [-0.1, -0.05) is 41.9 Å². The Morgan fingerprint density at radius 1 is 0.981 bits per heavy atom. The van der Waals surface area contributed by atoms with Gasteiger partial charge in [0, 0.05) is 48.1 Å². The van der Waals surface area contributed by atoms with E-state index in [2.05, 4.69) is 62.3 Å². The lowest BCUT2D eigenvalue weighted by molar-refractivity contribution is -0.140. The molecule has 53 heavy (non-hydrogen) atoms. The Morgan fingerprint density at radius 2 is 1.77 bits per heavy atom. The molecule has 0 spiro atoms. The quantitative estimate of drug-likeness (QED) is 0.0946. The van der Waals surface area contributed by atoms with Gasteiger partial charge in [-0.25, -0.2) is 0 Å². The summed E-state index contributed by atoms with van der Waals surface area (Å²) < 4.78 is 14.8. The van der Waals surface area contributed by atoms with Crippen molar-refractivity contribution in [1.29, 1.82) is 5.26 Å². The normalized spacial score (nSPS) is 15.0. The van der Waals surface area contributed by atoms with Gasteiger partial charge in [-0.15, -0.1) is 0 Å². The predicted octanol–water partition coefficient (Wildman–Crippen LogP) is 6.68. The fourth-order valence-corrected chi connectivity index (χ4v) is 7.40. The fourth-order valence-electron chi connectivity index (χ4n) is 7.16. The first-order valence-electron chi connectivity index (χ1n) is 18.2. The highest BCUT2D eigenvalue weighted by Crippen LogP contribution is 2.47. The number of rotatable bonds is 17. The molecule has 12 heteroatoms. The minimum atomic E-state index is -1.17. The van der Waals surface area contributed by atoms with E-state index in [1.54, 1.807) is 24.4 Å². The van der Waals surface area contributed by atoms with Crippen LogP contribution in [0, 0.1) is 11.3 Å². The minimum absolute atomic E-state index is 0.0673. The number of aliphatic hydroxyl groups excluding tert-OH is 1. The number of nitrogens with zero attached hydrogens (tertiary/aromatic N) is 5. The highest BCUT2D eigenvalue weighted by atomic mass is 35.5. The van der Waals surface area contributed by atoms with Gasteiger partial charge in [-0.3, -0.25) is 19.8 Å². The number of aliphatic hydroxyl groups is 1. The number of likely N-dealkylation sites (tertiary alicyclic amines) is 1. The molecule has 1 saturated heterocycles. The zero-order valence-electron chi connectivity index (χ0n) is 29.5. The van der Waals surface area contributed by atoms with Crippen LogP contribution in [-0.4, -0.2) is 68.1 Å². The Bertz CT molecular complexity index is 2120. The number of fused-ring (bicyclic) bond motifs is 1. The zero-order chi connectivity index (χ0) is 36.7.